The monoisotopic (exact) mass is 335 g/mol. The molecule has 0 saturated heterocycles. The van der Waals surface area contributed by atoms with Crippen LogP contribution in [0.3, 0.4) is 0 Å². The fourth-order valence-corrected chi connectivity index (χ4v) is 3.21. The minimum atomic E-state index is -0.325. The molecule has 0 radical (unpaired) electrons. The molecule has 0 aliphatic rings. The highest BCUT2D eigenvalue weighted by Crippen LogP contribution is 2.28. The molecular formula is C20H17NO2S. The summed E-state index contributed by atoms with van der Waals surface area (Å²) in [7, 11) is 1.38. The maximum absolute atomic E-state index is 11.4. The summed E-state index contributed by atoms with van der Waals surface area (Å²) >= 11 is 1.67. The Morgan fingerprint density at radius 3 is 2.42 bits per heavy atom. The number of methoxy groups -OCH3 is 1. The van der Waals surface area contributed by atoms with Crippen molar-refractivity contribution >= 4 is 29.5 Å². The highest BCUT2D eigenvalue weighted by atomic mass is 32.1. The third-order valence-electron chi connectivity index (χ3n) is 3.61. The van der Waals surface area contributed by atoms with E-state index in [1.165, 1.54) is 12.0 Å². The van der Waals surface area contributed by atoms with Gasteiger partial charge in [0.2, 0.25) is 0 Å². The van der Waals surface area contributed by atoms with Crippen molar-refractivity contribution < 1.29 is 9.53 Å². The number of carbonyl (C=O) groups excluding carboxylic acids is 1. The largest absolute Gasteiger partial charge is 0.465 e. The average molecular weight is 335 g/mol. The fourth-order valence-electron chi connectivity index (χ4n) is 2.37. The van der Waals surface area contributed by atoms with Crippen molar-refractivity contribution in [3.05, 3.63) is 75.6 Å². The second-order valence-electron chi connectivity index (χ2n) is 5.27. The number of ether oxygens (including phenoxy) is 1. The Kier molecular flexibility index (Phi) is 4.87. The van der Waals surface area contributed by atoms with Crippen molar-refractivity contribution in [3.63, 3.8) is 0 Å². The normalized spacial score (nSPS) is 10.9. The molecule has 0 aliphatic carbocycles. The van der Waals surface area contributed by atoms with Crippen LogP contribution in [0.5, 0.6) is 0 Å². The zero-order chi connectivity index (χ0) is 16.9. The number of hydrogen-bond acceptors (Lipinski definition) is 4. The van der Waals surface area contributed by atoms with E-state index < -0.39 is 0 Å². The Balaban J connectivity index is 1.79. The summed E-state index contributed by atoms with van der Waals surface area (Å²) in [5.74, 6) is -0.325. The molecule has 0 bridgehead atoms. The van der Waals surface area contributed by atoms with Crippen LogP contribution in [0.25, 0.3) is 23.4 Å². The zero-order valence-corrected chi connectivity index (χ0v) is 14.3. The van der Waals surface area contributed by atoms with Crippen molar-refractivity contribution in [2.75, 3.05) is 7.11 Å². The molecule has 24 heavy (non-hydrogen) atoms. The van der Waals surface area contributed by atoms with Crippen molar-refractivity contribution in [1.29, 1.82) is 0 Å². The van der Waals surface area contributed by atoms with Gasteiger partial charge in [-0.15, -0.1) is 11.3 Å². The van der Waals surface area contributed by atoms with E-state index in [0.717, 1.165) is 21.8 Å². The van der Waals surface area contributed by atoms with Crippen LogP contribution in [0, 0.1) is 6.92 Å². The van der Waals surface area contributed by atoms with Crippen LogP contribution in [-0.2, 0) is 4.74 Å². The third-order valence-corrected chi connectivity index (χ3v) is 4.55. The summed E-state index contributed by atoms with van der Waals surface area (Å²) in [5.41, 5.74) is 3.72. The summed E-state index contributed by atoms with van der Waals surface area (Å²) in [6.07, 6.45) is 3.99. The Morgan fingerprint density at radius 1 is 1.04 bits per heavy atom. The number of hydrogen-bond donors (Lipinski definition) is 0. The lowest BCUT2D eigenvalue weighted by Gasteiger charge is -1.99. The number of aryl methyl sites for hydroxylation is 1. The van der Waals surface area contributed by atoms with Gasteiger partial charge >= 0.3 is 5.97 Å². The molecule has 0 unspecified atom stereocenters. The minimum absolute atomic E-state index is 0.325. The number of esters is 1. The first-order valence-corrected chi connectivity index (χ1v) is 8.38. The molecular weight excluding hydrogens is 318 g/mol. The number of thiazole rings is 1. The Bertz CT molecular complexity index is 864. The van der Waals surface area contributed by atoms with Crippen molar-refractivity contribution in [2.24, 2.45) is 0 Å². The van der Waals surface area contributed by atoms with Gasteiger partial charge in [0.05, 0.1) is 18.4 Å². The van der Waals surface area contributed by atoms with Gasteiger partial charge in [-0.25, -0.2) is 9.78 Å². The van der Waals surface area contributed by atoms with Gasteiger partial charge in [0.15, 0.2) is 0 Å². The second-order valence-corrected chi connectivity index (χ2v) is 6.50. The SMILES string of the molecule is COC(=O)c1ccc(C=Cc2nc(-c3ccccc3)c(C)s2)cc1. The Morgan fingerprint density at radius 2 is 1.75 bits per heavy atom. The lowest BCUT2D eigenvalue weighted by Crippen LogP contribution is -2.00. The first kappa shape index (κ1) is 16.1. The molecule has 0 aliphatic heterocycles. The fraction of sp³-hybridized carbons (Fsp3) is 0.100. The summed E-state index contributed by atoms with van der Waals surface area (Å²) in [4.78, 5) is 17.3. The van der Waals surface area contributed by atoms with Crippen LogP contribution < -0.4 is 0 Å². The van der Waals surface area contributed by atoms with Crippen LogP contribution >= 0.6 is 11.3 Å². The van der Waals surface area contributed by atoms with Crippen LogP contribution in [0.1, 0.15) is 25.8 Å². The maximum atomic E-state index is 11.4. The quantitative estimate of drug-likeness (QED) is 0.624. The van der Waals surface area contributed by atoms with E-state index in [1.54, 1.807) is 23.5 Å². The van der Waals surface area contributed by atoms with E-state index >= 15 is 0 Å². The molecule has 3 rings (SSSR count). The van der Waals surface area contributed by atoms with Gasteiger partial charge in [0, 0.05) is 10.4 Å². The van der Waals surface area contributed by atoms with Gasteiger partial charge in [-0.05, 0) is 30.7 Å². The predicted octanol–water partition coefficient (Wildman–Crippen LogP) is 5.08. The molecule has 0 saturated carbocycles. The summed E-state index contributed by atoms with van der Waals surface area (Å²) < 4.78 is 4.70. The van der Waals surface area contributed by atoms with Gasteiger partial charge in [-0.2, -0.15) is 0 Å². The number of aromatic nitrogens is 1. The summed E-state index contributed by atoms with van der Waals surface area (Å²) in [6.45, 7) is 2.09. The second kappa shape index (κ2) is 7.23. The van der Waals surface area contributed by atoms with Crippen LogP contribution in [-0.4, -0.2) is 18.1 Å². The highest BCUT2D eigenvalue weighted by Gasteiger charge is 2.08. The van der Waals surface area contributed by atoms with E-state index in [-0.39, 0.29) is 5.97 Å². The van der Waals surface area contributed by atoms with E-state index in [0.29, 0.717) is 5.56 Å². The lowest BCUT2D eigenvalue weighted by molar-refractivity contribution is 0.0600. The number of benzene rings is 2. The number of nitrogens with zero attached hydrogens (tertiary/aromatic N) is 1. The van der Waals surface area contributed by atoms with Crippen molar-refractivity contribution in [2.45, 2.75) is 6.92 Å². The molecule has 1 aromatic heterocycles. The summed E-state index contributed by atoms with van der Waals surface area (Å²) in [5, 5.41) is 0.961. The molecule has 120 valence electrons. The maximum Gasteiger partial charge on any atom is 0.337 e. The number of carbonyl (C=O) groups is 1. The molecule has 0 spiro atoms. The molecule has 2 aromatic carbocycles. The highest BCUT2D eigenvalue weighted by molar-refractivity contribution is 7.12. The Hall–Kier alpha value is -2.72. The van der Waals surface area contributed by atoms with Crippen molar-refractivity contribution in [1.82, 2.24) is 4.98 Å². The first-order chi connectivity index (χ1) is 11.7. The van der Waals surface area contributed by atoms with Crippen molar-refractivity contribution in [3.8, 4) is 11.3 Å². The molecule has 0 atom stereocenters. The van der Waals surface area contributed by atoms with Crippen LogP contribution in [0.4, 0.5) is 0 Å². The first-order valence-electron chi connectivity index (χ1n) is 7.56. The van der Waals surface area contributed by atoms with E-state index in [4.69, 9.17) is 9.72 Å². The standard InChI is InChI=1S/C20H17NO2S/c1-14-19(16-6-4-3-5-7-16)21-18(24-14)13-10-15-8-11-17(12-9-15)20(22)23-2/h3-13H,1-2H3. The topological polar surface area (TPSA) is 39.2 Å². The summed E-state index contributed by atoms with van der Waals surface area (Å²) in [6, 6.07) is 17.5. The molecule has 1 heterocycles. The van der Waals surface area contributed by atoms with E-state index in [2.05, 4.69) is 19.1 Å². The van der Waals surface area contributed by atoms with Gasteiger partial charge in [-0.1, -0.05) is 48.5 Å². The lowest BCUT2D eigenvalue weighted by atomic mass is 10.1. The molecule has 0 amide bonds. The third kappa shape index (κ3) is 3.60. The van der Waals surface area contributed by atoms with Crippen LogP contribution in [0.2, 0.25) is 0 Å². The van der Waals surface area contributed by atoms with Gasteiger partial charge < -0.3 is 4.74 Å². The van der Waals surface area contributed by atoms with E-state index in [9.17, 15) is 4.79 Å². The van der Waals surface area contributed by atoms with Gasteiger partial charge in [0.1, 0.15) is 5.01 Å². The molecule has 0 N–H and O–H groups in total. The Labute approximate surface area is 145 Å². The molecule has 3 nitrogen and oxygen atoms in total. The average Bonchev–Trinajstić information content (AvgIpc) is 3.01. The van der Waals surface area contributed by atoms with Gasteiger partial charge in [0.25, 0.3) is 0 Å². The number of rotatable bonds is 4. The minimum Gasteiger partial charge on any atom is -0.465 e. The smallest absolute Gasteiger partial charge is 0.337 e. The van der Waals surface area contributed by atoms with Gasteiger partial charge in [-0.3, -0.25) is 0 Å². The van der Waals surface area contributed by atoms with E-state index in [1.807, 2.05) is 42.5 Å². The predicted molar refractivity (Wildman–Crippen MR) is 99.0 cm³/mol. The molecule has 3 aromatic rings. The zero-order valence-electron chi connectivity index (χ0n) is 13.5. The van der Waals surface area contributed by atoms with Crippen LogP contribution in [0.15, 0.2) is 54.6 Å². The molecule has 0 fully saturated rings. The molecule has 4 heteroatoms.